The van der Waals surface area contributed by atoms with Crippen molar-refractivity contribution in [1.29, 1.82) is 0 Å². The molecule has 0 bridgehead atoms. The fourth-order valence-electron chi connectivity index (χ4n) is 2.47. The minimum Gasteiger partial charge on any atom is -0.317 e. The number of carbonyl (C=O) groups is 2. The van der Waals surface area contributed by atoms with Gasteiger partial charge >= 0.3 is 0 Å². The summed E-state index contributed by atoms with van der Waals surface area (Å²) >= 11 is 0. The maximum atomic E-state index is 11.5. The molecular formula is C24H53NO2. The zero-order chi connectivity index (χ0) is 22.5. The number of hydrogen-bond acceptors (Lipinski definition) is 3. The van der Waals surface area contributed by atoms with Gasteiger partial charge in [0.25, 0.3) is 0 Å². The van der Waals surface area contributed by atoms with Crippen molar-refractivity contribution in [2.45, 2.75) is 127 Å². The van der Waals surface area contributed by atoms with Gasteiger partial charge in [0.05, 0.1) is 0 Å². The van der Waals surface area contributed by atoms with Gasteiger partial charge in [-0.2, -0.15) is 0 Å². The van der Waals surface area contributed by atoms with Gasteiger partial charge in [-0.05, 0) is 51.5 Å². The lowest BCUT2D eigenvalue weighted by Gasteiger charge is -2.31. The molecule has 27 heavy (non-hydrogen) atoms. The van der Waals surface area contributed by atoms with Gasteiger partial charge in [-0.25, -0.2) is 0 Å². The molecule has 1 N–H and O–H groups in total. The molecule has 0 rings (SSSR count). The monoisotopic (exact) mass is 387 g/mol. The summed E-state index contributed by atoms with van der Waals surface area (Å²) in [7, 11) is 1.98. The third kappa shape index (κ3) is 27.6. The minimum atomic E-state index is -0.0618. The van der Waals surface area contributed by atoms with E-state index in [9.17, 15) is 9.59 Å². The van der Waals surface area contributed by atoms with Crippen LogP contribution in [0.4, 0.5) is 0 Å². The largest absolute Gasteiger partial charge is 0.317 e. The van der Waals surface area contributed by atoms with Crippen LogP contribution in [0, 0.1) is 11.3 Å². The number of nitrogens with one attached hydrogen (secondary N) is 1. The van der Waals surface area contributed by atoms with Crippen LogP contribution in [-0.4, -0.2) is 24.7 Å². The van der Waals surface area contributed by atoms with Crippen LogP contribution in [0.15, 0.2) is 0 Å². The van der Waals surface area contributed by atoms with Gasteiger partial charge in [-0.3, -0.25) is 4.79 Å². The van der Waals surface area contributed by atoms with E-state index in [1.165, 1.54) is 6.42 Å². The van der Waals surface area contributed by atoms with Crippen LogP contribution in [0.3, 0.4) is 0 Å². The maximum absolute atomic E-state index is 11.5. The summed E-state index contributed by atoms with van der Waals surface area (Å²) in [5, 5.41) is 3.11. The number of carbonyl (C=O) groups excluding carboxylic acids is 2. The Balaban J connectivity index is -0.000000181. The zero-order valence-corrected chi connectivity index (χ0v) is 20.9. The molecule has 3 nitrogen and oxygen atoms in total. The van der Waals surface area contributed by atoms with Crippen LogP contribution in [0.2, 0.25) is 0 Å². The number of Topliss-reactive ketones (excluding diaryl/α,β-unsaturated/α-hetero) is 2. The first kappa shape index (κ1) is 33.9. The summed E-state index contributed by atoms with van der Waals surface area (Å²) in [5.41, 5.74) is -0.0618. The van der Waals surface area contributed by atoms with Crippen molar-refractivity contribution in [1.82, 2.24) is 5.32 Å². The molecule has 3 heteroatoms. The molecular weight excluding hydrogens is 334 g/mol. The third-order valence-corrected chi connectivity index (χ3v) is 4.23. The molecule has 0 saturated carbocycles. The van der Waals surface area contributed by atoms with Crippen molar-refractivity contribution in [3.8, 4) is 0 Å². The average molecular weight is 388 g/mol. The molecule has 0 spiro atoms. The van der Waals surface area contributed by atoms with Crippen LogP contribution < -0.4 is 5.32 Å². The summed E-state index contributed by atoms with van der Waals surface area (Å²) < 4.78 is 0. The van der Waals surface area contributed by atoms with Gasteiger partial charge in [0, 0.05) is 25.3 Å². The quantitative estimate of drug-likeness (QED) is 0.430. The van der Waals surface area contributed by atoms with Crippen molar-refractivity contribution in [3.63, 3.8) is 0 Å². The van der Waals surface area contributed by atoms with Crippen LogP contribution in [0.5, 0.6) is 0 Å². The smallest absolute Gasteiger partial charge is 0.133 e. The summed E-state index contributed by atoms with van der Waals surface area (Å²) in [6, 6.07) is 0.685. The summed E-state index contributed by atoms with van der Waals surface area (Å²) in [6.07, 6.45) is 5.88. The molecule has 0 aromatic heterocycles. The van der Waals surface area contributed by atoms with Gasteiger partial charge < -0.3 is 10.1 Å². The van der Waals surface area contributed by atoms with Crippen LogP contribution in [-0.2, 0) is 9.59 Å². The molecule has 166 valence electrons. The SMILES string of the molecule is CC.CC(C)C.CCC(C)NC.CCCC(CC)(CC(C)=O)CC(=O)CC. The Labute approximate surface area is 172 Å². The fourth-order valence-corrected chi connectivity index (χ4v) is 2.47. The molecule has 0 aromatic rings. The Bertz CT molecular complexity index is 320. The number of ketones is 2. The highest BCUT2D eigenvalue weighted by Gasteiger charge is 2.30. The first-order chi connectivity index (χ1) is 12.5. The molecule has 2 unspecified atom stereocenters. The lowest BCUT2D eigenvalue weighted by atomic mass is 9.73. The molecule has 0 amide bonds. The molecule has 2 atom stereocenters. The normalized spacial score (nSPS) is 12.9. The Morgan fingerprint density at radius 1 is 0.926 bits per heavy atom. The first-order valence-electron chi connectivity index (χ1n) is 11.2. The van der Waals surface area contributed by atoms with E-state index >= 15 is 0 Å². The van der Waals surface area contributed by atoms with Gasteiger partial charge in [-0.15, -0.1) is 0 Å². The van der Waals surface area contributed by atoms with Crippen LogP contribution >= 0.6 is 0 Å². The fraction of sp³-hybridized carbons (Fsp3) is 0.917. The van der Waals surface area contributed by atoms with E-state index in [1.54, 1.807) is 6.92 Å². The second-order valence-corrected chi connectivity index (χ2v) is 7.88. The molecule has 0 aliphatic carbocycles. The van der Waals surface area contributed by atoms with Crippen molar-refractivity contribution >= 4 is 11.6 Å². The second kappa shape index (κ2) is 23.3. The summed E-state index contributed by atoms with van der Waals surface area (Å²) in [5.74, 6) is 1.32. The van der Waals surface area contributed by atoms with Crippen molar-refractivity contribution in [2.75, 3.05) is 7.05 Å². The molecule has 0 fully saturated rings. The van der Waals surface area contributed by atoms with E-state index in [1.807, 2.05) is 27.8 Å². The minimum absolute atomic E-state index is 0.0618. The van der Waals surface area contributed by atoms with E-state index in [0.29, 0.717) is 25.3 Å². The van der Waals surface area contributed by atoms with Crippen molar-refractivity contribution < 1.29 is 9.59 Å². The van der Waals surface area contributed by atoms with Gasteiger partial charge in [0.1, 0.15) is 11.6 Å². The van der Waals surface area contributed by atoms with Crippen molar-refractivity contribution in [2.24, 2.45) is 11.3 Å². The number of hydrogen-bond donors (Lipinski definition) is 1. The number of rotatable bonds is 10. The van der Waals surface area contributed by atoms with Gasteiger partial charge in [0.2, 0.25) is 0 Å². The molecule has 0 aromatic carbocycles. The van der Waals surface area contributed by atoms with E-state index in [0.717, 1.165) is 25.2 Å². The summed E-state index contributed by atoms with van der Waals surface area (Å²) in [4.78, 5) is 22.8. The third-order valence-electron chi connectivity index (χ3n) is 4.23. The molecule has 0 radical (unpaired) electrons. The lowest BCUT2D eigenvalue weighted by molar-refractivity contribution is -0.123. The van der Waals surface area contributed by atoms with E-state index in [2.05, 4.69) is 53.8 Å². The standard InChI is InChI=1S/C13H24O2.C5H13N.C4H10.C2H6/c1-5-8-13(7-3,9-11(4)14)10-12(15)6-2;1-4-5(2)6-3;1-4(2)3;1-2/h5-10H2,1-4H3;5-6H,4H2,1-3H3;4H,1-3H3;1-2H3. The zero-order valence-electron chi connectivity index (χ0n) is 20.9. The maximum Gasteiger partial charge on any atom is 0.133 e. The summed E-state index contributed by atoms with van der Waals surface area (Å²) in [6.45, 7) is 22.5. The second-order valence-electron chi connectivity index (χ2n) is 7.88. The van der Waals surface area contributed by atoms with E-state index in [4.69, 9.17) is 0 Å². The highest BCUT2D eigenvalue weighted by molar-refractivity contribution is 5.81. The molecule has 0 heterocycles. The average Bonchev–Trinajstić information content (AvgIpc) is 2.62. The topological polar surface area (TPSA) is 46.2 Å². The van der Waals surface area contributed by atoms with Gasteiger partial charge in [0.15, 0.2) is 0 Å². The Kier molecular flexibility index (Phi) is 29.3. The van der Waals surface area contributed by atoms with E-state index in [-0.39, 0.29) is 17.0 Å². The highest BCUT2D eigenvalue weighted by Crippen LogP contribution is 2.36. The Morgan fingerprint density at radius 3 is 1.56 bits per heavy atom. The lowest BCUT2D eigenvalue weighted by Crippen LogP contribution is -2.26. The molecule has 0 aliphatic heterocycles. The van der Waals surface area contributed by atoms with Crippen molar-refractivity contribution in [3.05, 3.63) is 0 Å². The first-order valence-corrected chi connectivity index (χ1v) is 11.2. The Morgan fingerprint density at radius 2 is 1.37 bits per heavy atom. The predicted octanol–water partition coefficient (Wildman–Crippen LogP) is 7.22. The van der Waals surface area contributed by atoms with Gasteiger partial charge in [-0.1, -0.05) is 68.7 Å². The highest BCUT2D eigenvalue weighted by atomic mass is 16.1. The molecule has 0 saturated heterocycles. The Hall–Kier alpha value is -0.700. The van der Waals surface area contributed by atoms with E-state index < -0.39 is 0 Å². The molecule has 0 aliphatic rings. The predicted molar refractivity (Wildman–Crippen MR) is 124 cm³/mol. The van der Waals surface area contributed by atoms with Crippen LogP contribution in [0.1, 0.15) is 121 Å². The van der Waals surface area contributed by atoms with Crippen LogP contribution in [0.25, 0.3) is 0 Å².